The number of carbonyl (C=O) groups is 2. The van der Waals surface area contributed by atoms with Gasteiger partial charge in [0.1, 0.15) is 0 Å². The second-order valence-corrected chi connectivity index (χ2v) is 4.84. The highest BCUT2D eigenvalue weighted by atomic mass is 16.2. The van der Waals surface area contributed by atoms with E-state index >= 15 is 0 Å². The number of amides is 2. The van der Waals surface area contributed by atoms with Gasteiger partial charge in [0, 0.05) is 38.8 Å². The lowest BCUT2D eigenvalue weighted by molar-refractivity contribution is -0.130. The fourth-order valence-electron chi connectivity index (χ4n) is 2.37. The number of hydrogen-bond acceptors (Lipinski definition) is 3. The highest BCUT2D eigenvalue weighted by Gasteiger charge is 2.25. The molecule has 0 radical (unpaired) electrons. The van der Waals surface area contributed by atoms with Crippen LogP contribution in [0.1, 0.15) is 22.8 Å². The first-order chi connectivity index (χ1) is 9.00. The van der Waals surface area contributed by atoms with E-state index in [1.165, 1.54) is 0 Å². The molecule has 102 valence electrons. The first-order valence-corrected chi connectivity index (χ1v) is 6.40. The standard InChI is InChI=1S/C14H19N3O2/c1-10-4-3-5-12(15)13(10)14(19)17-8-6-16(7-9-17)11(2)18/h3-5H,6-9,15H2,1-2H3. The van der Waals surface area contributed by atoms with Gasteiger partial charge in [0.05, 0.1) is 5.56 Å². The zero-order valence-corrected chi connectivity index (χ0v) is 11.3. The minimum Gasteiger partial charge on any atom is -0.398 e. The average Bonchev–Trinajstić information content (AvgIpc) is 2.38. The summed E-state index contributed by atoms with van der Waals surface area (Å²) in [6.45, 7) is 5.74. The Balaban J connectivity index is 2.12. The summed E-state index contributed by atoms with van der Waals surface area (Å²) in [5.74, 6) is 0.0151. The molecule has 2 N–H and O–H groups in total. The van der Waals surface area contributed by atoms with Gasteiger partial charge in [-0.25, -0.2) is 0 Å². The van der Waals surface area contributed by atoms with Crippen molar-refractivity contribution in [3.05, 3.63) is 29.3 Å². The Morgan fingerprint density at radius 1 is 1.11 bits per heavy atom. The van der Waals surface area contributed by atoms with Gasteiger partial charge in [0.2, 0.25) is 5.91 Å². The van der Waals surface area contributed by atoms with E-state index in [1.54, 1.807) is 22.8 Å². The van der Waals surface area contributed by atoms with Crippen molar-refractivity contribution >= 4 is 17.5 Å². The van der Waals surface area contributed by atoms with Crippen LogP contribution in [0.15, 0.2) is 18.2 Å². The van der Waals surface area contributed by atoms with Crippen LogP contribution in [0.4, 0.5) is 5.69 Å². The predicted molar refractivity (Wildman–Crippen MR) is 73.7 cm³/mol. The van der Waals surface area contributed by atoms with E-state index in [-0.39, 0.29) is 11.8 Å². The van der Waals surface area contributed by atoms with Crippen LogP contribution in [-0.2, 0) is 4.79 Å². The number of nitrogens with two attached hydrogens (primary N) is 1. The molecular formula is C14H19N3O2. The highest BCUT2D eigenvalue weighted by molar-refractivity contribution is 6.00. The van der Waals surface area contributed by atoms with Gasteiger partial charge in [-0.2, -0.15) is 0 Å². The van der Waals surface area contributed by atoms with Crippen molar-refractivity contribution in [2.45, 2.75) is 13.8 Å². The van der Waals surface area contributed by atoms with Crippen LogP contribution in [0.25, 0.3) is 0 Å². The molecule has 5 heteroatoms. The topological polar surface area (TPSA) is 66.6 Å². The maximum Gasteiger partial charge on any atom is 0.256 e. The molecule has 1 aliphatic heterocycles. The van der Waals surface area contributed by atoms with E-state index in [4.69, 9.17) is 5.73 Å². The van der Waals surface area contributed by atoms with Crippen molar-refractivity contribution in [2.75, 3.05) is 31.9 Å². The van der Waals surface area contributed by atoms with E-state index in [9.17, 15) is 9.59 Å². The third kappa shape index (κ3) is 2.70. The summed E-state index contributed by atoms with van der Waals surface area (Å²) in [4.78, 5) is 27.2. The quantitative estimate of drug-likeness (QED) is 0.763. The third-order valence-corrected chi connectivity index (χ3v) is 3.53. The molecule has 0 unspecified atom stereocenters. The molecule has 1 fully saturated rings. The second-order valence-electron chi connectivity index (χ2n) is 4.84. The molecule has 0 bridgehead atoms. The fraction of sp³-hybridized carbons (Fsp3) is 0.429. The lowest BCUT2D eigenvalue weighted by atomic mass is 10.0. The van der Waals surface area contributed by atoms with E-state index in [1.807, 2.05) is 19.1 Å². The van der Waals surface area contributed by atoms with Gasteiger partial charge in [-0.05, 0) is 18.6 Å². The minimum absolute atomic E-state index is 0.0428. The number of hydrogen-bond donors (Lipinski definition) is 1. The molecule has 0 aromatic heterocycles. The molecule has 1 aromatic rings. The molecule has 0 atom stereocenters. The SMILES string of the molecule is CC(=O)N1CCN(C(=O)c2c(C)cccc2N)CC1. The normalized spacial score (nSPS) is 15.5. The van der Waals surface area contributed by atoms with Gasteiger partial charge in [0.25, 0.3) is 5.91 Å². The number of carbonyl (C=O) groups excluding carboxylic acids is 2. The number of nitrogen functional groups attached to an aromatic ring is 1. The van der Waals surface area contributed by atoms with E-state index in [0.29, 0.717) is 37.4 Å². The smallest absolute Gasteiger partial charge is 0.256 e. The van der Waals surface area contributed by atoms with Gasteiger partial charge < -0.3 is 15.5 Å². The Morgan fingerprint density at radius 3 is 2.21 bits per heavy atom. The van der Waals surface area contributed by atoms with Crippen LogP contribution in [0.3, 0.4) is 0 Å². The van der Waals surface area contributed by atoms with Gasteiger partial charge >= 0.3 is 0 Å². The number of anilines is 1. The summed E-state index contributed by atoms with van der Waals surface area (Å²) < 4.78 is 0. The van der Waals surface area contributed by atoms with Crippen LogP contribution in [-0.4, -0.2) is 47.8 Å². The molecular weight excluding hydrogens is 242 g/mol. The van der Waals surface area contributed by atoms with Crippen LogP contribution in [0, 0.1) is 6.92 Å². The van der Waals surface area contributed by atoms with Crippen molar-refractivity contribution in [3.63, 3.8) is 0 Å². The Morgan fingerprint density at radius 2 is 1.68 bits per heavy atom. The van der Waals surface area contributed by atoms with Crippen LogP contribution < -0.4 is 5.73 Å². The lowest BCUT2D eigenvalue weighted by Crippen LogP contribution is -2.50. The molecule has 1 aromatic carbocycles. The summed E-state index contributed by atoms with van der Waals surface area (Å²) in [5.41, 5.74) is 7.88. The molecule has 1 heterocycles. The van der Waals surface area contributed by atoms with Crippen molar-refractivity contribution in [2.24, 2.45) is 0 Å². The van der Waals surface area contributed by atoms with Gasteiger partial charge in [-0.3, -0.25) is 9.59 Å². The van der Waals surface area contributed by atoms with E-state index in [2.05, 4.69) is 0 Å². The van der Waals surface area contributed by atoms with Crippen LogP contribution in [0.5, 0.6) is 0 Å². The Kier molecular flexibility index (Phi) is 3.74. The number of benzene rings is 1. The summed E-state index contributed by atoms with van der Waals surface area (Å²) in [6, 6.07) is 5.47. The molecule has 5 nitrogen and oxygen atoms in total. The van der Waals surface area contributed by atoms with Crippen molar-refractivity contribution in [1.29, 1.82) is 0 Å². The molecule has 0 saturated carbocycles. The Hall–Kier alpha value is -2.04. The Bertz CT molecular complexity index is 485. The predicted octanol–water partition coefficient (Wildman–Crippen LogP) is 0.882. The maximum atomic E-state index is 12.5. The van der Waals surface area contributed by atoms with Gasteiger partial charge in [-0.15, -0.1) is 0 Å². The van der Waals surface area contributed by atoms with E-state index < -0.39 is 0 Å². The highest BCUT2D eigenvalue weighted by Crippen LogP contribution is 2.19. The molecule has 2 amide bonds. The number of nitrogens with zero attached hydrogens (tertiary/aromatic N) is 2. The van der Waals surface area contributed by atoms with E-state index in [0.717, 1.165) is 5.56 Å². The van der Waals surface area contributed by atoms with Crippen molar-refractivity contribution in [3.8, 4) is 0 Å². The molecule has 1 aliphatic rings. The average molecular weight is 261 g/mol. The maximum absolute atomic E-state index is 12.5. The summed E-state index contributed by atoms with van der Waals surface area (Å²) in [6.07, 6.45) is 0. The first kappa shape index (κ1) is 13.4. The molecule has 0 spiro atoms. The summed E-state index contributed by atoms with van der Waals surface area (Å²) in [5, 5.41) is 0. The molecule has 19 heavy (non-hydrogen) atoms. The molecule has 2 rings (SSSR count). The largest absolute Gasteiger partial charge is 0.398 e. The van der Waals surface area contributed by atoms with Crippen molar-refractivity contribution in [1.82, 2.24) is 9.80 Å². The van der Waals surface area contributed by atoms with Crippen LogP contribution in [0.2, 0.25) is 0 Å². The zero-order chi connectivity index (χ0) is 14.0. The van der Waals surface area contributed by atoms with Crippen molar-refractivity contribution < 1.29 is 9.59 Å². The summed E-state index contributed by atoms with van der Waals surface area (Å²) >= 11 is 0. The van der Waals surface area contributed by atoms with Gasteiger partial charge in [-0.1, -0.05) is 12.1 Å². The second kappa shape index (κ2) is 5.30. The first-order valence-electron chi connectivity index (χ1n) is 6.40. The number of rotatable bonds is 1. The minimum atomic E-state index is -0.0428. The molecule has 1 saturated heterocycles. The third-order valence-electron chi connectivity index (χ3n) is 3.53. The monoisotopic (exact) mass is 261 g/mol. The van der Waals surface area contributed by atoms with Gasteiger partial charge in [0.15, 0.2) is 0 Å². The zero-order valence-electron chi connectivity index (χ0n) is 11.3. The molecule has 0 aliphatic carbocycles. The van der Waals surface area contributed by atoms with Crippen LogP contribution >= 0.6 is 0 Å². The Labute approximate surface area is 113 Å². The lowest BCUT2D eigenvalue weighted by Gasteiger charge is -2.34. The summed E-state index contributed by atoms with van der Waals surface area (Å²) in [7, 11) is 0. The fourth-order valence-corrected chi connectivity index (χ4v) is 2.37. The number of piperazine rings is 1. The number of aryl methyl sites for hydroxylation is 1.